The summed E-state index contributed by atoms with van der Waals surface area (Å²) in [5.41, 5.74) is 12.9. The van der Waals surface area contributed by atoms with Gasteiger partial charge in [0.25, 0.3) is 0 Å². The van der Waals surface area contributed by atoms with Crippen molar-refractivity contribution in [2.45, 2.75) is 19.8 Å². The molecule has 1 aliphatic carbocycles. The van der Waals surface area contributed by atoms with Crippen molar-refractivity contribution in [2.75, 3.05) is 0 Å². The Morgan fingerprint density at radius 2 is 1.00 bits per heavy atom. The Balaban J connectivity index is 1.10. The summed E-state index contributed by atoms with van der Waals surface area (Å²) in [4.78, 5) is 0. The highest BCUT2D eigenvalue weighted by Crippen LogP contribution is 2.42. The van der Waals surface area contributed by atoms with E-state index >= 15 is 0 Å². The Morgan fingerprint density at radius 1 is 0.392 bits per heavy atom. The van der Waals surface area contributed by atoms with Gasteiger partial charge in [0.15, 0.2) is 0 Å². The number of allylic oxidation sites excluding steroid dienone is 1. The van der Waals surface area contributed by atoms with E-state index in [1.165, 1.54) is 104 Å². The third-order valence-corrected chi connectivity index (χ3v) is 11.3. The quantitative estimate of drug-likeness (QED) is 0.168. The van der Waals surface area contributed by atoms with E-state index < -0.39 is 0 Å². The summed E-state index contributed by atoms with van der Waals surface area (Å²) in [5, 5.41) is 11.7. The number of nitrogens with zero attached hydrogens (tertiary/aromatic N) is 2. The Hall–Kier alpha value is -6.38. The van der Waals surface area contributed by atoms with Crippen LogP contribution in [-0.2, 0) is 6.42 Å². The van der Waals surface area contributed by atoms with Gasteiger partial charge in [-0.1, -0.05) is 109 Å². The Bertz CT molecular complexity index is 3040. The number of fused-ring (bicyclic) bond motifs is 12. The molecular formula is C49H34N2. The first-order chi connectivity index (χ1) is 25.2. The summed E-state index contributed by atoms with van der Waals surface area (Å²) in [5.74, 6) is 0. The van der Waals surface area contributed by atoms with E-state index in [2.05, 4.69) is 180 Å². The van der Waals surface area contributed by atoms with Crippen LogP contribution in [0.2, 0.25) is 0 Å². The monoisotopic (exact) mass is 650 g/mol. The minimum atomic E-state index is 1.00. The predicted molar refractivity (Wildman–Crippen MR) is 218 cm³/mol. The van der Waals surface area contributed by atoms with Crippen LogP contribution >= 0.6 is 0 Å². The van der Waals surface area contributed by atoms with Crippen LogP contribution in [-0.4, -0.2) is 9.13 Å². The lowest BCUT2D eigenvalue weighted by molar-refractivity contribution is 0.898. The van der Waals surface area contributed by atoms with E-state index in [4.69, 9.17) is 0 Å². The second-order valence-electron chi connectivity index (χ2n) is 14.1. The van der Waals surface area contributed by atoms with Gasteiger partial charge in [-0.05, 0) is 124 Å². The average molecular weight is 651 g/mol. The van der Waals surface area contributed by atoms with Gasteiger partial charge in [0.05, 0.1) is 16.6 Å². The van der Waals surface area contributed by atoms with Gasteiger partial charge in [-0.3, -0.25) is 0 Å². The number of benzene rings is 8. The highest BCUT2D eigenvalue weighted by atomic mass is 15.0. The van der Waals surface area contributed by atoms with E-state index in [-0.39, 0.29) is 0 Å². The number of rotatable bonds is 3. The number of aryl methyl sites for hydroxylation is 1. The minimum absolute atomic E-state index is 1.00. The lowest BCUT2D eigenvalue weighted by Crippen LogP contribution is -2.05. The Morgan fingerprint density at radius 3 is 1.76 bits per heavy atom. The molecular weight excluding hydrogens is 617 g/mol. The molecule has 0 atom stereocenters. The number of aromatic nitrogens is 2. The molecule has 11 rings (SSSR count). The second-order valence-corrected chi connectivity index (χ2v) is 14.1. The number of para-hydroxylation sites is 2. The van der Waals surface area contributed by atoms with E-state index in [1.54, 1.807) is 0 Å². The molecule has 0 saturated heterocycles. The first kappa shape index (κ1) is 28.5. The first-order valence-electron chi connectivity index (χ1n) is 18.0. The molecule has 2 heteroatoms. The molecule has 0 fully saturated rings. The normalized spacial score (nSPS) is 13.2. The van der Waals surface area contributed by atoms with Crippen molar-refractivity contribution in [3.63, 3.8) is 0 Å². The molecule has 0 spiro atoms. The molecule has 1 aliphatic rings. The summed E-state index contributed by atoms with van der Waals surface area (Å²) >= 11 is 0. The van der Waals surface area contributed by atoms with Crippen molar-refractivity contribution in [3.8, 4) is 11.4 Å². The van der Waals surface area contributed by atoms with E-state index in [0.717, 1.165) is 12.8 Å². The molecule has 2 aromatic heterocycles. The molecule has 0 aliphatic heterocycles. The highest BCUT2D eigenvalue weighted by Gasteiger charge is 2.23. The van der Waals surface area contributed by atoms with Crippen LogP contribution in [0.5, 0.6) is 0 Å². The van der Waals surface area contributed by atoms with Gasteiger partial charge < -0.3 is 9.13 Å². The summed E-state index contributed by atoms with van der Waals surface area (Å²) < 4.78 is 4.94. The molecule has 2 heterocycles. The maximum atomic E-state index is 2.48. The van der Waals surface area contributed by atoms with E-state index in [0.29, 0.717) is 0 Å². The van der Waals surface area contributed by atoms with Crippen molar-refractivity contribution in [2.24, 2.45) is 0 Å². The van der Waals surface area contributed by atoms with Crippen LogP contribution in [0, 0.1) is 6.92 Å². The Kier molecular flexibility index (Phi) is 6.03. The van der Waals surface area contributed by atoms with Crippen molar-refractivity contribution < 1.29 is 0 Å². The topological polar surface area (TPSA) is 9.86 Å². The van der Waals surface area contributed by atoms with Crippen molar-refractivity contribution in [3.05, 3.63) is 180 Å². The fourth-order valence-electron chi connectivity index (χ4n) is 8.97. The molecule has 0 amide bonds. The molecule has 8 aromatic carbocycles. The number of hydrogen-bond donors (Lipinski definition) is 0. The standard InChI is InChI=1S/C49H34N2/c1-31-19-24-47-43(27-31)45-29-33(21-26-49(45)50(47)34-11-3-2-4-12-34)32-20-25-48-44(28-32)41-17-9-10-18-46(41)51(48)35-22-23-40-38-15-6-5-13-36(38)37-14-7-8-16-39(37)42(40)30-35/h2-20,22-25,27-30H,21,26H2,1H3. The molecule has 0 radical (unpaired) electrons. The van der Waals surface area contributed by atoms with Crippen molar-refractivity contribution in [1.29, 1.82) is 0 Å². The van der Waals surface area contributed by atoms with Gasteiger partial charge in [-0.2, -0.15) is 0 Å². The smallest absolute Gasteiger partial charge is 0.0541 e. The van der Waals surface area contributed by atoms with Crippen LogP contribution in [0.4, 0.5) is 0 Å². The molecule has 51 heavy (non-hydrogen) atoms. The molecule has 2 nitrogen and oxygen atoms in total. The average Bonchev–Trinajstić information content (AvgIpc) is 3.70. The van der Waals surface area contributed by atoms with Crippen molar-refractivity contribution >= 4 is 76.7 Å². The van der Waals surface area contributed by atoms with Gasteiger partial charge in [-0.25, -0.2) is 0 Å². The molecule has 10 aromatic rings. The van der Waals surface area contributed by atoms with Crippen LogP contribution in [0.25, 0.3) is 88.1 Å². The van der Waals surface area contributed by atoms with Crippen LogP contribution in [0.3, 0.4) is 0 Å². The molecule has 0 unspecified atom stereocenters. The third-order valence-electron chi connectivity index (χ3n) is 11.3. The maximum absolute atomic E-state index is 2.48. The first-order valence-corrected chi connectivity index (χ1v) is 18.0. The fraction of sp³-hybridized carbons (Fsp3) is 0.0612. The largest absolute Gasteiger partial charge is 0.313 e. The fourth-order valence-corrected chi connectivity index (χ4v) is 8.97. The maximum Gasteiger partial charge on any atom is 0.0541 e. The molecule has 0 saturated carbocycles. The third kappa shape index (κ3) is 4.17. The van der Waals surface area contributed by atoms with E-state index in [9.17, 15) is 0 Å². The van der Waals surface area contributed by atoms with Gasteiger partial charge >= 0.3 is 0 Å². The lowest BCUT2D eigenvalue weighted by Gasteiger charge is -2.18. The minimum Gasteiger partial charge on any atom is -0.313 e. The highest BCUT2D eigenvalue weighted by molar-refractivity contribution is 6.25. The summed E-state index contributed by atoms with van der Waals surface area (Å²) in [6.07, 6.45) is 4.48. The zero-order valence-corrected chi connectivity index (χ0v) is 28.4. The Labute approximate surface area is 296 Å². The summed E-state index contributed by atoms with van der Waals surface area (Å²) in [7, 11) is 0. The lowest BCUT2D eigenvalue weighted by atomic mass is 9.90. The van der Waals surface area contributed by atoms with Crippen LogP contribution < -0.4 is 0 Å². The molecule has 240 valence electrons. The second kappa shape index (κ2) is 10.8. The van der Waals surface area contributed by atoms with Crippen LogP contribution in [0.15, 0.2) is 158 Å². The molecule has 0 N–H and O–H groups in total. The zero-order chi connectivity index (χ0) is 33.6. The summed E-state index contributed by atoms with van der Waals surface area (Å²) in [6, 6.07) is 58.4. The van der Waals surface area contributed by atoms with E-state index in [1.807, 2.05) is 0 Å². The number of hydrogen-bond acceptors (Lipinski definition) is 0. The van der Waals surface area contributed by atoms with Crippen LogP contribution in [0.1, 0.15) is 28.8 Å². The predicted octanol–water partition coefficient (Wildman–Crippen LogP) is 13.0. The van der Waals surface area contributed by atoms with Gasteiger partial charge in [0, 0.05) is 38.8 Å². The van der Waals surface area contributed by atoms with Crippen molar-refractivity contribution in [1.82, 2.24) is 9.13 Å². The van der Waals surface area contributed by atoms with Gasteiger partial charge in [0.1, 0.15) is 0 Å². The SMILES string of the molecule is Cc1ccc2c(c1)c1c(n2-c2ccccc2)CCC(c2ccc3c(c2)c2ccccc2n3-c2ccc3c4ccccc4c4ccccc4c3c2)=C1. The summed E-state index contributed by atoms with van der Waals surface area (Å²) in [6.45, 7) is 2.20. The zero-order valence-electron chi connectivity index (χ0n) is 28.4. The van der Waals surface area contributed by atoms with Gasteiger partial charge in [0.2, 0.25) is 0 Å². The van der Waals surface area contributed by atoms with Gasteiger partial charge in [-0.15, -0.1) is 0 Å². The molecule has 0 bridgehead atoms.